The summed E-state index contributed by atoms with van der Waals surface area (Å²) in [7, 11) is 0. The number of hydrogen-bond donors (Lipinski definition) is 1. The SMILES string of the molecule is O=C(COc1cccc([N+](=O)[O-])c1)NC1CCSc2c(F)cccc21. The Morgan fingerprint density at radius 2 is 2.16 bits per heavy atom. The van der Waals surface area contributed by atoms with Crippen LogP contribution in [-0.4, -0.2) is 23.2 Å². The second-order valence-corrected chi connectivity index (χ2v) is 6.56. The number of rotatable bonds is 5. The Morgan fingerprint density at radius 3 is 2.96 bits per heavy atom. The summed E-state index contributed by atoms with van der Waals surface area (Å²) >= 11 is 1.44. The van der Waals surface area contributed by atoms with Gasteiger partial charge in [-0.3, -0.25) is 14.9 Å². The number of carbonyl (C=O) groups excluding carboxylic acids is 1. The number of fused-ring (bicyclic) bond motifs is 1. The van der Waals surface area contributed by atoms with Gasteiger partial charge in [-0.15, -0.1) is 11.8 Å². The van der Waals surface area contributed by atoms with Crippen molar-refractivity contribution in [3.05, 3.63) is 64.0 Å². The van der Waals surface area contributed by atoms with E-state index in [0.717, 1.165) is 5.56 Å². The van der Waals surface area contributed by atoms with Crippen LogP contribution in [0, 0.1) is 15.9 Å². The Morgan fingerprint density at radius 1 is 1.36 bits per heavy atom. The van der Waals surface area contributed by atoms with Crippen LogP contribution in [0.4, 0.5) is 10.1 Å². The van der Waals surface area contributed by atoms with Crippen molar-refractivity contribution in [2.75, 3.05) is 12.4 Å². The average molecular weight is 362 g/mol. The molecule has 0 bridgehead atoms. The monoisotopic (exact) mass is 362 g/mol. The first-order valence-corrected chi connectivity index (χ1v) is 8.61. The van der Waals surface area contributed by atoms with Crippen LogP contribution in [0.5, 0.6) is 5.75 Å². The van der Waals surface area contributed by atoms with Crippen molar-refractivity contribution in [3.63, 3.8) is 0 Å². The van der Waals surface area contributed by atoms with E-state index in [2.05, 4.69) is 5.32 Å². The fourth-order valence-corrected chi connectivity index (χ4v) is 3.75. The largest absolute Gasteiger partial charge is 0.484 e. The molecule has 1 amide bonds. The van der Waals surface area contributed by atoms with Crippen molar-refractivity contribution in [3.8, 4) is 5.75 Å². The molecule has 0 radical (unpaired) electrons. The predicted octanol–water partition coefficient (Wildman–Crippen LogP) is 3.47. The van der Waals surface area contributed by atoms with Crippen LogP contribution in [0.3, 0.4) is 0 Å². The maximum atomic E-state index is 13.8. The molecule has 0 aromatic heterocycles. The van der Waals surface area contributed by atoms with E-state index in [0.29, 0.717) is 17.1 Å². The van der Waals surface area contributed by atoms with Crippen LogP contribution in [0.15, 0.2) is 47.4 Å². The molecule has 0 spiro atoms. The Hall–Kier alpha value is -2.61. The summed E-state index contributed by atoms with van der Waals surface area (Å²) in [5.74, 6) is 0.313. The highest BCUT2D eigenvalue weighted by Gasteiger charge is 2.24. The van der Waals surface area contributed by atoms with E-state index in [-0.39, 0.29) is 35.8 Å². The van der Waals surface area contributed by atoms with Crippen molar-refractivity contribution >= 4 is 23.4 Å². The molecular formula is C17H15FN2O4S. The lowest BCUT2D eigenvalue weighted by Gasteiger charge is -2.26. The first-order valence-electron chi connectivity index (χ1n) is 7.62. The molecule has 2 aromatic rings. The minimum atomic E-state index is -0.530. The van der Waals surface area contributed by atoms with Gasteiger partial charge >= 0.3 is 0 Å². The van der Waals surface area contributed by atoms with Gasteiger partial charge in [-0.25, -0.2) is 4.39 Å². The van der Waals surface area contributed by atoms with Gasteiger partial charge in [-0.1, -0.05) is 18.2 Å². The third-order valence-corrected chi connectivity index (χ3v) is 4.92. The van der Waals surface area contributed by atoms with Gasteiger partial charge in [0.05, 0.1) is 17.0 Å². The molecule has 2 aromatic carbocycles. The summed E-state index contributed by atoms with van der Waals surface area (Å²) in [6.07, 6.45) is 0.698. The van der Waals surface area contributed by atoms with Crippen molar-refractivity contribution in [2.24, 2.45) is 0 Å². The lowest BCUT2D eigenvalue weighted by atomic mass is 10.0. The zero-order valence-corrected chi connectivity index (χ0v) is 13.9. The normalized spacial score (nSPS) is 16.0. The van der Waals surface area contributed by atoms with E-state index >= 15 is 0 Å². The topological polar surface area (TPSA) is 81.5 Å². The fraction of sp³-hybridized carbons (Fsp3) is 0.235. The van der Waals surface area contributed by atoms with Crippen LogP contribution < -0.4 is 10.1 Å². The molecule has 25 heavy (non-hydrogen) atoms. The molecule has 130 valence electrons. The third kappa shape index (κ3) is 4.08. The van der Waals surface area contributed by atoms with Gasteiger partial charge in [0.25, 0.3) is 11.6 Å². The first kappa shape index (κ1) is 17.2. The number of nitrogens with zero attached hydrogens (tertiary/aromatic N) is 1. The van der Waals surface area contributed by atoms with Crippen molar-refractivity contribution < 1.29 is 18.8 Å². The minimum absolute atomic E-state index is 0.105. The molecule has 3 rings (SSSR count). The van der Waals surface area contributed by atoms with E-state index in [1.165, 1.54) is 36.0 Å². The number of carbonyl (C=O) groups is 1. The van der Waals surface area contributed by atoms with Gasteiger partial charge in [-0.05, 0) is 24.1 Å². The summed E-state index contributed by atoms with van der Waals surface area (Å²) < 4.78 is 19.2. The number of hydrogen-bond acceptors (Lipinski definition) is 5. The van der Waals surface area contributed by atoms with E-state index < -0.39 is 4.92 Å². The smallest absolute Gasteiger partial charge is 0.273 e. The minimum Gasteiger partial charge on any atom is -0.484 e. The number of non-ortho nitro benzene ring substituents is 1. The Balaban J connectivity index is 1.62. The first-order chi connectivity index (χ1) is 12.0. The third-order valence-electron chi connectivity index (χ3n) is 3.76. The van der Waals surface area contributed by atoms with E-state index in [9.17, 15) is 19.3 Å². The van der Waals surface area contributed by atoms with E-state index in [4.69, 9.17) is 4.74 Å². The molecule has 1 N–H and O–H groups in total. The standard InChI is InChI=1S/C17H15FN2O4S/c18-14-6-2-5-13-15(7-8-25-17(13)14)19-16(21)10-24-12-4-1-3-11(9-12)20(22)23/h1-6,9,15H,7-8,10H2,(H,19,21). The van der Waals surface area contributed by atoms with Gasteiger partial charge in [0.15, 0.2) is 6.61 Å². The molecule has 1 aliphatic heterocycles. The van der Waals surface area contributed by atoms with Gasteiger partial charge in [-0.2, -0.15) is 0 Å². The summed E-state index contributed by atoms with van der Waals surface area (Å²) in [6.45, 7) is -0.268. The number of nitrogens with one attached hydrogen (secondary N) is 1. The zero-order chi connectivity index (χ0) is 17.8. The summed E-state index contributed by atoms with van der Waals surface area (Å²) in [6, 6.07) is 10.2. The number of nitro benzene ring substituents is 1. The van der Waals surface area contributed by atoms with Gasteiger partial charge in [0, 0.05) is 16.7 Å². The molecule has 1 aliphatic rings. The maximum absolute atomic E-state index is 13.8. The number of halogens is 1. The molecule has 0 fully saturated rings. The van der Waals surface area contributed by atoms with E-state index in [1.54, 1.807) is 18.2 Å². The second-order valence-electron chi connectivity index (χ2n) is 5.46. The second kappa shape index (κ2) is 7.52. The van der Waals surface area contributed by atoms with Crippen molar-refractivity contribution in [1.82, 2.24) is 5.32 Å². The summed E-state index contributed by atoms with van der Waals surface area (Å²) in [5, 5.41) is 13.6. The van der Waals surface area contributed by atoms with Crippen molar-refractivity contribution in [1.29, 1.82) is 0 Å². The van der Waals surface area contributed by atoms with Crippen LogP contribution in [-0.2, 0) is 4.79 Å². The molecule has 8 heteroatoms. The number of thioether (sulfide) groups is 1. The van der Waals surface area contributed by atoms with Gasteiger partial charge < -0.3 is 10.1 Å². The van der Waals surface area contributed by atoms with Crippen LogP contribution in [0.1, 0.15) is 18.0 Å². The van der Waals surface area contributed by atoms with Gasteiger partial charge in [0.2, 0.25) is 0 Å². The van der Waals surface area contributed by atoms with E-state index in [1.807, 2.05) is 0 Å². The number of benzene rings is 2. The van der Waals surface area contributed by atoms with Crippen LogP contribution in [0.25, 0.3) is 0 Å². The molecule has 0 saturated heterocycles. The van der Waals surface area contributed by atoms with Gasteiger partial charge in [0.1, 0.15) is 11.6 Å². The Labute approximate surface area is 147 Å². The summed E-state index contributed by atoms with van der Waals surface area (Å²) in [5.41, 5.74) is 0.659. The molecule has 1 heterocycles. The summed E-state index contributed by atoms with van der Waals surface area (Å²) in [4.78, 5) is 22.9. The molecule has 6 nitrogen and oxygen atoms in total. The Bertz CT molecular complexity index is 815. The number of nitro groups is 1. The molecular weight excluding hydrogens is 347 g/mol. The lowest BCUT2D eigenvalue weighted by molar-refractivity contribution is -0.384. The highest BCUT2D eigenvalue weighted by atomic mass is 32.2. The molecule has 1 atom stereocenters. The average Bonchev–Trinajstić information content (AvgIpc) is 2.61. The highest BCUT2D eigenvalue weighted by Crippen LogP contribution is 2.37. The molecule has 0 saturated carbocycles. The quantitative estimate of drug-likeness (QED) is 0.651. The number of ether oxygens (including phenoxy) is 1. The zero-order valence-electron chi connectivity index (χ0n) is 13.1. The van der Waals surface area contributed by atoms with Crippen molar-refractivity contribution in [2.45, 2.75) is 17.4 Å². The van der Waals surface area contributed by atoms with Crippen LogP contribution >= 0.6 is 11.8 Å². The molecule has 1 unspecified atom stereocenters. The number of amides is 1. The lowest BCUT2D eigenvalue weighted by Crippen LogP contribution is -2.34. The maximum Gasteiger partial charge on any atom is 0.273 e. The molecule has 0 aliphatic carbocycles. The highest BCUT2D eigenvalue weighted by molar-refractivity contribution is 7.99. The fourth-order valence-electron chi connectivity index (χ4n) is 2.61. The Kier molecular flexibility index (Phi) is 5.18. The predicted molar refractivity (Wildman–Crippen MR) is 91.2 cm³/mol. The van der Waals surface area contributed by atoms with Crippen LogP contribution in [0.2, 0.25) is 0 Å².